The predicted octanol–water partition coefficient (Wildman–Crippen LogP) is 4.11. The average molecular weight is 305 g/mol. The van der Waals surface area contributed by atoms with Gasteiger partial charge in [0.25, 0.3) is 0 Å². The van der Waals surface area contributed by atoms with E-state index in [1.165, 1.54) is 37.7 Å². The number of hydrogen-bond donors (Lipinski definition) is 0. The molecule has 0 heterocycles. The highest BCUT2D eigenvalue weighted by Gasteiger charge is 2.22. The highest BCUT2D eigenvalue weighted by molar-refractivity contribution is 5.28. The second kappa shape index (κ2) is 9.16. The van der Waals surface area contributed by atoms with Gasteiger partial charge in [0, 0.05) is 19.7 Å². The van der Waals surface area contributed by atoms with Crippen LogP contribution in [0.2, 0.25) is 0 Å². The van der Waals surface area contributed by atoms with Gasteiger partial charge in [0.2, 0.25) is 0 Å². The summed E-state index contributed by atoms with van der Waals surface area (Å²) in [5.41, 5.74) is 1.33. The van der Waals surface area contributed by atoms with Crippen LogP contribution < -0.4 is 4.74 Å². The summed E-state index contributed by atoms with van der Waals surface area (Å²) in [7, 11) is 3.96. The van der Waals surface area contributed by atoms with Crippen molar-refractivity contribution in [3.05, 3.63) is 29.8 Å². The fraction of sp³-hybridized carbons (Fsp3) is 0.684. The molecule has 0 amide bonds. The molecule has 22 heavy (non-hydrogen) atoms. The largest absolute Gasteiger partial charge is 0.491 e. The number of rotatable bonds is 8. The third-order valence-corrected chi connectivity index (χ3v) is 4.90. The van der Waals surface area contributed by atoms with Gasteiger partial charge in [-0.1, -0.05) is 25.5 Å². The Morgan fingerprint density at radius 2 is 1.91 bits per heavy atom. The van der Waals surface area contributed by atoms with Crippen LogP contribution in [0, 0.1) is 5.92 Å². The van der Waals surface area contributed by atoms with E-state index >= 15 is 0 Å². The van der Waals surface area contributed by atoms with Gasteiger partial charge in [-0.2, -0.15) is 0 Å². The molecule has 1 aromatic carbocycles. The van der Waals surface area contributed by atoms with Gasteiger partial charge >= 0.3 is 0 Å². The van der Waals surface area contributed by atoms with Gasteiger partial charge < -0.3 is 9.47 Å². The first-order chi connectivity index (χ1) is 10.7. The first-order valence-electron chi connectivity index (χ1n) is 8.63. The molecule has 0 unspecified atom stereocenters. The molecule has 1 saturated carbocycles. The average Bonchev–Trinajstić information content (AvgIpc) is 2.55. The topological polar surface area (TPSA) is 21.7 Å². The fourth-order valence-electron chi connectivity index (χ4n) is 3.39. The molecule has 1 aromatic rings. The van der Waals surface area contributed by atoms with Gasteiger partial charge in [-0.25, -0.2) is 0 Å². The zero-order valence-electron chi connectivity index (χ0n) is 14.4. The van der Waals surface area contributed by atoms with E-state index in [4.69, 9.17) is 9.47 Å². The summed E-state index contributed by atoms with van der Waals surface area (Å²) in [4.78, 5) is 2.51. The van der Waals surface area contributed by atoms with Crippen molar-refractivity contribution in [2.45, 2.75) is 51.6 Å². The monoisotopic (exact) mass is 305 g/mol. The van der Waals surface area contributed by atoms with Crippen LogP contribution >= 0.6 is 0 Å². The molecule has 3 nitrogen and oxygen atoms in total. The van der Waals surface area contributed by atoms with Crippen LogP contribution in [-0.4, -0.2) is 38.3 Å². The lowest BCUT2D eigenvalue weighted by Gasteiger charge is -2.34. The van der Waals surface area contributed by atoms with Crippen LogP contribution in [0.25, 0.3) is 0 Å². The second-order valence-electron chi connectivity index (χ2n) is 6.49. The zero-order valence-corrected chi connectivity index (χ0v) is 14.4. The summed E-state index contributed by atoms with van der Waals surface area (Å²) in [6.45, 7) is 4.56. The standard InChI is InChI=1S/C19H31NO2/c1-4-16-8-10-18(11-9-16)20(2)15-17-6-5-7-19(14-17)22-13-12-21-3/h5-7,14,16,18H,4,8-13,15H2,1-3H3/t16-,18-. The third-order valence-electron chi connectivity index (χ3n) is 4.90. The Morgan fingerprint density at radius 3 is 2.59 bits per heavy atom. The van der Waals surface area contributed by atoms with E-state index in [0.29, 0.717) is 13.2 Å². The molecule has 0 N–H and O–H groups in total. The van der Waals surface area contributed by atoms with Crippen molar-refractivity contribution in [1.29, 1.82) is 0 Å². The maximum absolute atomic E-state index is 5.70. The summed E-state index contributed by atoms with van der Waals surface area (Å²) in [6, 6.07) is 9.19. The summed E-state index contributed by atoms with van der Waals surface area (Å²) in [6.07, 6.45) is 6.83. The first-order valence-corrected chi connectivity index (χ1v) is 8.63. The predicted molar refractivity (Wildman–Crippen MR) is 91.3 cm³/mol. The van der Waals surface area contributed by atoms with Crippen LogP contribution in [0.15, 0.2) is 24.3 Å². The van der Waals surface area contributed by atoms with Gasteiger partial charge in [0.15, 0.2) is 0 Å². The van der Waals surface area contributed by atoms with E-state index in [0.717, 1.165) is 24.3 Å². The Kier molecular flexibility index (Phi) is 7.20. The van der Waals surface area contributed by atoms with Crippen molar-refractivity contribution in [3.63, 3.8) is 0 Å². The van der Waals surface area contributed by atoms with Gasteiger partial charge in [0.1, 0.15) is 12.4 Å². The molecule has 3 heteroatoms. The molecule has 0 radical (unpaired) electrons. The second-order valence-corrected chi connectivity index (χ2v) is 6.49. The summed E-state index contributed by atoms with van der Waals surface area (Å²) in [5.74, 6) is 1.90. The fourth-order valence-corrected chi connectivity index (χ4v) is 3.39. The summed E-state index contributed by atoms with van der Waals surface area (Å²) >= 11 is 0. The minimum atomic E-state index is 0.608. The van der Waals surface area contributed by atoms with Crippen molar-refractivity contribution in [1.82, 2.24) is 4.90 Å². The Balaban J connectivity index is 1.83. The number of ether oxygens (including phenoxy) is 2. The molecule has 0 aromatic heterocycles. The van der Waals surface area contributed by atoms with E-state index in [1.807, 2.05) is 6.07 Å². The van der Waals surface area contributed by atoms with Gasteiger partial charge in [-0.3, -0.25) is 4.90 Å². The van der Waals surface area contributed by atoms with Crippen molar-refractivity contribution in [2.24, 2.45) is 5.92 Å². The Morgan fingerprint density at radius 1 is 1.14 bits per heavy atom. The van der Waals surface area contributed by atoms with Crippen LogP contribution in [0.1, 0.15) is 44.6 Å². The van der Waals surface area contributed by atoms with Crippen LogP contribution in [-0.2, 0) is 11.3 Å². The molecule has 0 atom stereocenters. The van der Waals surface area contributed by atoms with E-state index in [2.05, 4.69) is 37.1 Å². The van der Waals surface area contributed by atoms with E-state index in [1.54, 1.807) is 7.11 Å². The van der Waals surface area contributed by atoms with E-state index < -0.39 is 0 Å². The Bertz CT molecular complexity index is 427. The molecule has 0 spiro atoms. The maximum Gasteiger partial charge on any atom is 0.119 e. The van der Waals surface area contributed by atoms with E-state index in [-0.39, 0.29) is 0 Å². The summed E-state index contributed by atoms with van der Waals surface area (Å²) < 4.78 is 10.7. The van der Waals surface area contributed by atoms with E-state index in [9.17, 15) is 0 Å². The number of methoxy groups -OCH3 is 1. The molecule has 1 fully saturated rings. The molecule has 0 bridgehead atoms. The lowest BCUT2D eigenvalue weighted by molar-refractivity contribution is 0.145. The van der Waals surface area contributed by atoms with Gasteiger partial charge in [0.05, 0.1) is 6.61 Å². The quantitative estimate of drug-likeness (QED) is 0.675. The third kappa shape index (κ3) is 5.29. The lowest BCUT2D eigenvalue weighted by Crippen LogP contribution is -2.34. The Labute approximate surface area is 135 Å². The molecular formula is C19H31NO2. The molecule has 0 saturated heterocycles. The van der Waals surface area contributed by atoms with Crippen LogP contribution in [0.4, 0.5) is 0 Å². The first kappa shape index (κ1) is 17.3. The van der Waals surface area contributed by atoms with Crippen LogP contribution in [0.5, 0.6) is 5.75 Å². The maximum atomic E-state index is 5.70. The molecule has 124 valence electrons. The zero-order chi connectivity index (χ0) is 15.8. The molecule has 0 aliphatic heterocycles. The normalized spacial score (nSPS) is 22.0. The summed E-state index contributed by atoms with van der Waals surface area (Å²) in [5, 5.41) is 0. The van der Waals surface area contributed by atoms with Gasteiger partial charge in [-0.15, -0.1) is 0 Å². The molecule has 2 rings (SSSR count). The highest BCUT2D eigenvalue weighted by atomic mass is 16.5. The SMILES string of the molecule is CC[C@H]1CC[C@H](N(C)Cc2cccc(OCCOC)c2)CC1. The Hall–Kier alpha value is -1.06. The number of nitrogens with zero attached hydrogens (tertiary/aromatic N) is 1. The molecular weight excluding hydrogens is 274 g/mol. The minimum absolute atomic E-state index is 0.608. The number of hydrogen-bond acceptors (Lipinski definition) is 3. The van der Waals surface area contributed by atoms with Crippen molar-refractivity contribution in [2.75, 3.05) is 27.4 Å². The number of benzene rings is 1. The van der Waals surface area contributed by atoms with Crippen molar-refractivity contribution >= 4 is 0 Å². The molecule has 1 aliphatic carbocycles. The lowest BCUT2D eigenvalue weighted by atomic mass is 9.84. The highest BCUT2D eigenvalue weighted by Crippen LogP contribution is 2.29. The van der Waals surface area contributed by atoms with Gasteiger partial charge in [-0.05, 0) is 56.3 Å². The molecule has 1 aliphatic rings. The van der Waals surface area contributed by atoms with Crippen molar-refractivity contribution < 1.29 is 9.47 Å². The van der Waals surface area contributed by atoms with Crippen LogP contribution in [0.3, 0.4) is 0 Å². The smallest absolute Gasteiger partial charge is 0.119 e. The van der Waals surface area contributed by atoms with Crippen molar-refractivity contribution in [3.8, 4) is 5.75 Å². The minimum Gasteiger partial charge on any atom is -0.491 e.